The molecule has 22 heavy (non-hydrogen) atoms. The number of hydrogen-bond donors (Lipinski definition) is 0. The molecule has 0 saturated heterocycles. The Morgan fingerprint density at radius 2 is 2.09 bits per heavy atom. The van der Waals surface area contributed by atoms with Crippen LogP contribution in [0, 0.1) is 0 Å². The minimum Gasteiger partial charge on any atom is -0.306 e. The molecule has 0 unspecified atom stereocenters. The molecule has 0 atom stereocenters. The summed E-state index contributed by atoms with van der Waals surface area (Å²) in [6.45, 7) is 0.710. The first-order valence-electron chi connectivity index (χ1n) is 7.18. The van der Waals surface area contributed by atoms with Crippen molar-refractivity contribution in [3.05, 3.63) is 58.2 Å². The summed E-state index contributed by atoms with van der Waals surface area (Å²) in [5, 5.41) is 1.50. The second-order valence-corrected chi connectivity index (χ2v) is 6.70. The summed E-state index contributed by atoms with van der Waals surface area (Å²) in [6, 6.07) is 11.7. The molecule has 0 N–H and O–H groups in total. The number of halogens is 1. The summed E-state index contributed by atoms with van der Waals surface area (Å²) in [5.41, 5.74) is 1.90. The van der Waals surface area contributed by atoms with Crippen molar-refractivity contribution in [3.8, 4) is 0 Å². The molecule has 1 aromatic carbocycles. The van der Waals surface area contributed by atoms with Gasteiger partial charge in [-0.05, 0) is 31.0 Å². The van der Waals surface area contributed by atoms with Gasteiger partial charge >= 0.3 is 0 Å². The van der Waals surface area contributed by atoms with E-state index < -0.39 is 0 Å². The fraction of sp³-hybridized carbons (Fsp3) is 0.176. The highest BCUT2D eigenvalue weighted by atomic mass is 35.5. The van der Waals surface area contributed by atoms with Gasteiger partial charge in [0.1, 0.15) is 4.88 Å². The third kappa shape index (κ3) is 2.11. The molecule has 0 bridgehead atoms. The lowest BCUT2D eigenvalue weighted by Crippen LogP contribution is -2.35. The zero-order valence-electron chi connectivity index (χ0n) is 11.8. The molecule has 110 valence electrons. The molecule has 1 aliphatic heterocycles. The molecular formula is C17H13ClN2OS. The van der Waals surface area contributed by atoms with E-state index in [-0.39, 0.29) is 5.91 Å². The van der Waals surface area contributed by atoms with Gasteiger partial charge in [-0.1, -0.05) is 29.8 Å². The number of carbonyl (C=O) groups excluding carboxylic acids is 1. The molecule has 3 heterocycles. The van der Waals surface area contributed by atoms with Crippen LogP contribution in [-0.2, 0) is 6.42 Å². The summed E-state index contributed by atoms with van der Waals surface area (Å²) < 4.78 is 1.04. The molecule has 0 spiro atoms. The van der Waals surface area contributed by atoms with Gasteiger partial charge in [0.2, 0.25) is 0 Å². The Bertz CT molecular complexity index is 874. The van der Waals surface area contributed by atoms with E-state index >= 15 is 0 Å². The number of carbonyl (C=O) groups is 1. The number of fused-ring (bicyclic) bond motifs is 2. The average Bonchev–Trinajstić information content (AvgIpc) is 2.91. The summed E-state index contributed by atoms with van der Waals surface area (Å²) in [7, 11) is 0. The van der Waals surface area contributed by atoms with Crippen molar-refractivity contribution < 1.29 is 4.79 Å². The van der Waals surface area contributed by atoms with Gasteiger partial charge in [-0.2, -0.15) is 0 Å². The number of amides is 1. The van der Waals surface area contributed by atoms with Crippen LogP contribution in [0.25, 0.3) is 10.1 Å². The fourth-order valence-electron chi connectivity index (χ4n) is 2.88. The van der Waals surface area contributed by atoms with Gasteiger partial charge in [0.15, 0.2) is 0 Å². The molecule has 4 rings (SSSR count). The van der Waals surface area contributed by atoms with Crippen molar-refractivity contribution in [2.75, 3.05) is 11.4 Å². The third-order valence-electron chi connectivity index (χ3n) is 3.93. The van der Waals surface area contributed by atoms with Crippen LogP contribution < -0.4 is 4.90 Å². The Balaban J connectivity index is 1.80. The van der Waals surface area contributed by atoms with Crippen molar-refractivity contribution in [1.29, 1.82) is 0 Å². The molecule has 0 radical (unpaired) electrons. The predicted molar refractivity (Wildman–Crippen MR) is 91.1 cm³/mol. The van der Waals surface area contributed by atoms with Crippen LogP contribution in [-0.4, -0.2) is 17.4 Å². The summed E-state index contributed by atoms with van der Waals surface area (Å²) >= 11 is 7.90. The van der Waals surface area contributed by atoms with E-state index in [9.17, 15) is 4.79 Å². The van der Waals surface area contributed by atoms with E-state index in [1.54, 1.807) is 6.20 Å². The summed E-state index contributed by atoms with van der Waals surface area (Å²) in [6.07, 6.45) is 3.62. The number of benzene rings is 1. The van der Waals surface area contributed by atoms with Crippen molar-refractivity contribution in [2.45, 2.75) is 12.8 Å². The van der Waals surface area contributed by atoms with E-state index in [2.05, 4.69) is 4.98 Å². The van der Waals surface area contributed by atoms with Crippen LogP contribution in [0.15, 0.2) is 42.6 Å². The fourth-order valence-corrected chi connectivity index (χ4v) is 4.34. The molecule has 5 heteroatoms. The Kier molecular flexibility index (Phi) is 3.36. The van der Waals surface area contributed by atoms with Crippen molar-refractivity contribution in [3.63, 3.8) is 0 Å². The number of pyridine rings is 1. The molecule has 0 aliphatic carbocycles. The molecular weight excluding hydrogens is 316 g/mol. The molecule has 2 aromatic heterocycles. The van der Waals surface area contributed by atoms with Crippen LogP contribution in [0.4, 0.5) is 5.69 Å². The number of aryl methyl sites for hydroxylation is 1. The standard InChI is InChI=1S/C17H13ClN2OS/c18-15-11-5-1-2-8-14(11)22-16(15)17(21)20-10-4-6-12-13(20)7-3-9-19-12/h1-3,5,7-9H,4,6,10H2. The SMILES string of the molecule is O=C(c1sc2ccccc2c1Cl)N1CCCc2ncccc21. The van der Waals surface area contributed by atoms with Gasteiger partial charge in [-0.15, -0.1) is 11.3 Å². The summed E-state index contributed by atoms with van der Waals surface area (Å²) in [4.78, 5) is 19.8. The first kappa shape index (κ1) is 13.7. The Morgan fingerprint density at radius 3 is 2.95 bits per heavy atom. The Morgan fingerprint density at radius 1 is 1.23 bits per heavy atom. The number of aromatic nitrogens is 1. The minimum atomic E-state index is -0.0276. The largest absolute Gasteiger partial charge is 0.306 e. The molecule has 1 amide bonds. The van der Waals surface area contributed by atoms with Crippen molar-refractivity contribution in [1.82, 2.24) is 4.98 Å². The lowest BCUT2D eigenvalue weighted by molar-refractivity contribution is 0.0989. The predicted octanol–water partition coefficient (Wildman–Crippen LogP) is 4.54. The number of thiophene rings is 1. The average molecular weight is 329 g/mol. The van der Waals surface area contributed by atoms with Crippen molar-refractivity contribution in [2.24, 2.45) is 0 Å². The second-order valence-electron chi connectivity index (χ2n) is 5.27. The van der Waals surface area contributed by atoms with Crippen LogP contribution in [0.2, 0.25) is 5.02 Å². The zero-order valence-corrected chi connectivity index (χ0v) is 13.3. The highest BCUT2D eigenvalue weighted by molar-refractivity contribution is 7.21. The number of hydrogen-bond acceptors (Lipinski definition) is 3. The van der Waals surface area contributed by atoms with Crippen LogP contribution in [0.1, 0.15) is 21.8 Å². The van der Waals surface area contributed by atoms with Crippen LogP contribution >= 0.6 is 22.9 Å². The monoisotopic (exact) mass is 328 g/mol. The first-order valence-corrected chi connectivity index (χ1v) is 8.38. The summed E-state index contributed by atoms with van der Waals surface area (Å²) in [5.74, 6) is -0.0276. The van der Waals surface area contributed by atoms with E-state index in [1.165, 1.54) is 11.3 Å². The first-order chi connectivity index (χ1) is 10.8. The maximum absolute atomic E-state index is 13.0. The van der Waals surface area contributed by atoms with E-state index in [0.717, 1.165) is 34.3 Å². The topological polar surface area (TPSA) is 33.2 Å². The zero-order chi connectivity index (χ0) is 15.1. The molecule has 3 nitrogen and oxygen atoms in total. The van der Waals surface area contributed by atoms with Crippen molar-refractivity contribution >= 4 is 44.6 Å². The van der Waals surface area contributed by atoms with Gasteiger partial charge in [-0.25, -0.2) is 0 Å². The third-order valence-corrected chi connectivity index (χ3v) is 5.59. The van der Waals surface area contributed by atoms with Gasteiger partial charge < -0.3 is 4.90 Å². The maximum Gasteiger partial charge on any atom is 0.269 e. The van der Waals surface area contributed by atoms with Gasteiger partial charge in [-0.3, -0.25) is 9.78 Å². The minimum absolute atomic E-state index is 0.0276. The van der Waals surface area contributed by atoms with E-state index in [4.69, 9.17) is 11.6 Å². The molecule has 0 fully saturated rings. The Hall–Kier alpha value is -1.91. The quantitative estimate of drug-likeness (QED) is 0.657. The normalized spacial score (nSPS) is 14.1. The number of nitrogens with zero attached hydrogens (tertiary/aromatic N) is 2. The van der Waals surface area contributed by atoms with E-state index in [0.29, 0.717) is 16.4 Å². The molecule has 1 aliphatic rings. The lowest BCUT2D eigenvalue weighted by Gasteiger charge is -2.28. The van der Waals surface area contributed by atoms with Gasteiger partial charge in [0, 0.05) is 22.8 Å². The highest BCUT2D eigenvalue weighted by Crippen LogP contribution is 2.37. The highest BCUT2D eigenvalue weighted by Gasteiger charge is 2.27. The smallest absolute Gasteiger partial charge is 0.269 e. The van der Waals surface area contributed by atoms with Crippen LogP contribution in [0.5, 0.6) is 0 Å². The molecule has 0 saturated carbocycles. The Labute approximate surface area is 137 Å². The molecule has 3 aromatic rings. The van der Waals surface area contributed by atoms with E-state index in [1.807, 2.05) is 41.3 Å². The second kappa shape index (κ2) is 5.38. The van der Waals surface area contributed by atoms with Gasteiger partial charge in [0.25, 0.3) is 5.91 Å². The lowest BCUT2D eigenvalue weighted by atomic mass is 10.1. The maximum atomic E-state index is 13.0. The van der Waals surface area contributed by atoms with Gasteiger partial charge in [0.05, 0.1) is 16.4 Å². The number of rotatable bonds is 1. The number of anilines is 1. The van der Waals surface area contributed by atoms with Crippen LogP contribution in [0.3, 0.4) is 0 Å².